The second kappa shape index (κ2) is 9.88. The van der Waals surface area contributed by atoms with Crippen molar-refractivity contribution in [1.82, 2.24) is 10.0 Å². The minimum Gasteiger partial charge on any atom is -0.465 e. The topological polar surface area (TPSA) is 97.7 Å². The number of amidine groups is 1. The van der Waals surface area contributed by atoms with Crippen LogP contribution in [0.5, 0.6) is 0 Å². The van der Waals surface area contributed by atoms with Gasteiger partial charge in [-0.15, -0.1) is 0 Å². The summed E-state index contributed by atoms with van der Waals surface area (Å²) in [6.07, 6.45) is -1.88. The minimum absolute atomic E-state index is 0.0427. The number of amides is 2. The van der Waals surface area contributed by atoms with Crippen molar-refractivity contribution in [2.75, 3.05) is 7.11 Å². The molecule has 0 aliphatic carbocycles. The Morgan fingerprint density at radius 3 is 1.81 bits per heavy atom. The maximum Gasteiger partial charge on any atom is 0.435 e. The maximum absolute atomic E-state index is 13.8. The maximum atomic E-state index is 13.8. The van der Waals surface area contributed by atoms with Crippen molar-refractivity contribution in [3.8, 4) is 0 Å². The zero-order chi connectivity index (χ0) is 27.8. The molecule has 0 N–H and O–H groups in total. The first-order valence-electron chi connectivity index (χ1n) is 12.0. The van der Waals surface area contributed by atoms with E-state index >= 15 is 0 Å². The van der Waals surface area contributed by atoms with E-state index in [0.717, 1.165) is 21.1 Å². The number of methoxy groups -OCH3 is 1. The molecule has 2 aromatic carbocycles. The van der Waals surface area contributed by atoms with Crippen LogP contribution in [0.15, 0.2) is 53.5 Å². The van der Waals surface area contributed by atoms with E-state index < -0.39 is 35.0 Å². The number of hydrogen-bond donors (Lipinski definition) is 0. The lowest BCUT2D eigenvalue weighted by atomic mass is 9.99. The summed E-state index contributed by atoms with van der Waals surface area (Å²) in [6, 6.07) is 14.0. The van der Waals surface area contributed by atoms with E-state index in [9.17, 15) is 14.4 Å². The van der Waals surface area contributed by atoms with Gasteiger partial charge in [-0.25, -0.2) is 19.4 Å². The Balaban J connectivity index is 2.41. The predicted molar refractivity (Wildman–Crippen MR) is 139 cm³/mol. The normalized spacial score (nSPS) is 17.8. The fourth-order valence-corrected chi connectivity index (χ4v) is 4.02. The lowest BCUT2D eigenvalue weighted by Gasteiger charge is -2.38. The summed E-state index contributed by atoms with van der Waals surface area (Å²) < 4.78 is 16.6. The standard InChI is InChI=1S/C28H35N3O6/c1-18-15-19(2)17-20(16-18)22-29-28(23(32)35-9,21-13-11-10-12-14-21)31(25(34)37-27(6,7)8)30(22)24(33)36-26(3,4)5/h10-17H,1-9H3/t28-/m1/s1. The summed E-state index contributed by atoms with van der Waals surface area (Å²) in [5, 5.41) is 1.86. The van der Waals surface area contributed by atoms with Crippen LogP contribution in [0.25, 0.3) is 0 Å². The summed E-state index contributed by atoms with van der Waals surface area (Å²) >= 11 is 0. The molecule has 2 amide bonds. The molecule has 1 aliphatic rings. The fraction of sp³-hybridized carbons (Fsp3) is 0.429. The predicted octanol–water partition coefficient (Wildman–Crippen LogP) is 5.48. The molecule has 2 aromatic rings. The first-order chi connectivity index (χ1) is 17.1. The van der Waals surface area contributed by atoms with Gasteiger partial charge in [0.1, 0.15) is 11.2 Å². The number of aliphatic imine (C=N–C) groups is 1. The smallest absolute Gasteiger partial charge is 0.435 e. The summed E-state index contributed by atoms with van der Waals surface area (Å²) in [5.74, 6) is -0.835. The number of hydrogen-bond acceptors (Lipinski definition) is 7. The Morgan fingerprint density at radius 1 is 0.811 bits per heavy atom. The summed E-state index contributed by atoms with van der Waals surface area (Å²) in [6.45, 7) is 14.0. The average Bonchev–Trinajstić information content (AvgIpc) is 3.14. The molecular weight excluding hydrogens is 474 g/mol. The number of rotatable bonds is 3. The first kappa shape index (κ1) is 27.7. The third-order valence-corrected chi connectivity index (χ3v) is 5.23. The second-order valence-corrected chi connectivity index (χ2v) is 10.9. The fourth-order valence-electron chi connectivity index (χ4n) is 4.02. The van der Waals surface area contributed by atoms with Gasteiger partial charge in [0.05, 0.1) is 7.11 Å². The molecule has 0 radical (unpaired) electrons. The zero-order valence-corrected chi connectivity index (χ0v) is 22.9. The van der Waals surface area contributed by atoms with Gasteiger partial charge < -0.3 is 14.2 Å². The van der Waals surface area contributed by atoms with Gasteiger partial charge in [-0.05, 0) is 67.5 Å². The summed E-state index contributed by atoms with van der Waals surface area (Å²) in [4.78, 5) is 46.0. The van der Waals surface area contributed by atoms with Crippen molar-refractivity contribution in [2.45, 2.75) is 72.3 Å². The van der Waals surface area contributed by atoms with E-state index in [-0.39, 0.29) is 5.84 Å². The van der Waals surface area contributed by atoms with Crippen LogP contribution in [0.3, 0.4) is 0 Å². The monoisotopic (exact) mass is 509 g/mol. The van der Waals surface area contributed by atoms with Gasteiger partial charge in [0.25, 0.3) is 5.66 Å². The first-order valence-corrected chi connectivity index (χ1v) is 12.0. The van der Waals surface area contributed by atoms with E-state index in [1.54, 1.807) is 71.9 Å². The van der Waals surface area contributed by atoms with E-state index in [4.69, 9.17) is 19.2 Å². The molecule has 1 atom stereocenters. The van der Waals surface area contributed by atoms with Crippen LogP contribution in [0.1, 0.15) is 63.8 Å². The van der Waals surface area contributed by atoms with E-state index in [1.165, 1.54) is 7.11 Å². The molecule has 0 unspecified atom stereocenters. The Morgan fingerprint density at radius 2 is 1.32 bits per heavy atom. The van der Waals surface area contributed by atoms with Crippen molar-refractivity contribution < 1.29 is 28.6 Å². The summed E-state index contributed by atoms with van der Waals surface area (Å²) in [7, 11) is 1.20. The number of carbonyl (C=O) groups is 3. The molecule has 1 aliphatic heterocycles. The lowest BCUT2D eigenvalue weighted by Crippen LogP contribution is -2.60. The quantitative estimate of drug-likeness (QED) is 0.402. The van der Waals surface area contributed by atoms with Crippen molar-refractivity contribution in [3.63, 3.8) is 0 Å². The molecule has 1 heterocycles. The molecule has 0 fully saturated rings. The van der Waals surface area contributed by atoms with Gasteiger partial charge in [-0.1, -0.05) is 47.5 Å². The van der Waals surface area contributed by atoms with Crippen LogP contribution < -0.4 is 0 Å². The number of nitrogens with zero attached hydrogens (tertiary/aromatic N) is 3. The highest BCUT2D eigenvalue weighted by Gasteiger charge is 2.61. The van der Waals surface area contributed by atoms with Crippen molar-refractivity contribution in [1.29, 1.82) is 0 Å². The second-order valence-electron chi connectivity index (χ2n) is 10.9. The van der Waals surface area contributed by atoms with Crippen LogP contribution in [-0.4, -0.2) is 52.3 Å². The largest absolute Gasteiger partial charge is 0.465 e. The average molecular weight is 510 g/mol. The molecular formula is C28H35N3O6. The number of esters is 1. The van der Waals surface area contributed by atoms with Crippen LogP contribution in [-0.2, 0) is 24.7 Å². The van der Waals surface area contributed by atoms with E-state index in [0.29, 0.717) is 11.1 Å². The van der Waals surface area contributed by atoms with Gasteiger partial charge in [0, 0.05) is 11.1 Å². The van der Waals surface area contributed by atoms with Crippen LogP contribution in [0.2, 0.25) is 0 Å². The third-order valence-electron chi connectivity index (χ3n) is 5.23. The molecule has 0 aromatic heterocycles. The lowest BCUT2D eigenvalue weighted by molar-refractivity contribution is -0.161. The molecule has 9 nitrogen and oxygen atoms in total. The molecule has 0 bridgehead atoms. The van der Waals surface area contributed by atoms with Crippen LogP contribution in [0.4, 0.5) is 9.59 Å². The van der Waals surface area contributed by atoms with Gasteiger partial charge in [0.15, 0.2) is 5.84 Å². The number of ether oxygens (including phenoxy) is 3. The summed E-state index contributed by atoms with van der Waals surface area (Å²) in [5.41, 5.74) is -1.32. The highest BCUT2D eigenvalue weighted by Crippen LogP contribution is 2.41. The van der Waals surface area contributed by atoms with E-state index in [2.05, 4.69) is 0 Å². The number of hydrazine groups is 1. The van der Waals surface area contributed by atoms with Gasteiger partial charge in [-0.2, -0.15) is 10.0 Å². The van der Waals surface area contributed by atoms with Crippen LogP contribution >= 0.6 is 0 Å². The highest BCUT2D eigenvalue weighted by atomic mass is 16.6. The number of benzene rings is 2. The minimum atomic E-state index is -2.10. The Kier molecular flexibility index (Phi) is 7.40. The van der Waals surface area contributed by atoms with Gasteiger partial charge in [0.2, 0.25) is 0 Å². The van der Waals surface area contributed by atoms with Crippen molar-refractivity contribution in [2.24, 2.45) is 4.99 Å². The molecule has 0 saturated heterocycles. The molecule has 198 valence electrons. The molecule has 0 spiro atoms. The SMILES string of the molecule is COC(=O)[C@]1(c2ccccc2)N=C(c2cc(C)cc(C)c2)N(C(=O)OC(C)(C)C)N1C(=O)OC(C)(C)C. The van der Waals surface area contributed by atoms with Crippen molar-refractivity contribution in [3.05, 3.63) is 70.8 Å². The van der Waals surface area contributed by atoms with Gasteiger partial charge >= 0.3 is 18.2 Å². The van der Waals surface area contributed by atoms with Gasteiger partial charge in [-0.3, -0.25) is 0 Å². The van der Waals surface area contributed by atoms with Crippen molar-refractivity contribution >= 4 is 24.0 Å². The highest BCUT2D eigenvalue weighted by molar-refractivity contribution is 6.11. The molecule has 37 heavy (non-hydrogen) atoms. The van der Waals surface area contributed by atoms with Crippen LogP contribution in [0, 0.1) is 13.8 Å². The van der Waals surface area contributed by atoms with E-state index in [1.807, 2.05) is 32.0 Å². The number of aryl methyl sites for hydroxylation is 2. The Bertz CT molecular complexity index is 1210. The molecule has 0 saturated carbocycles. The number of carbonyl (C=O) groups excluding carboxylic acids is 3. The third kappa shape index (κ3) is 5.76. The molecule has 3 rings (SSSR count). The Labute approximate surface area is 218 Å². The molecule has 9 heteroatoms. The zero-order valence-electron chi connectivity index (χ0n) is 22.9. The Hall–Kier alpha value is -3.88.